The van der Waals surface area contributed by atoms with Crippen molar-refractivity contribution in [2.45, 2.75) is 32.8 Å². The molecule has 0 fully saturated rings. The third kappa shape index (κ3) is 5.16. The van der Waals surface area contributed by atoms with Gasteiger partial charge in [0, 0.05) is 19.4 Å². The van der Waals surface area contributed by atoms with Crippen LogP contribution in [0.5, 0.6) is 5.75 Å². The molecule has 1 atom stereocenters. The van der Waals surface area contributed by atoms with E-state index in [1.807, 2.05) is 13.8 Å². The van der Waals surface area contributed by atoms with Gasteiger partial charge in [-0.3, -0.25) is 4.79 Å². The van der Waals surface area contributed by atoms with Crippen molar-refractivity contribution >= 4 is 23.2 Å². The normalized spacial score (nSPS) is 13.5. The molecule has 0 aliphatic heterocycles. The lowest BCUT2D eigenvalue weighted by atomic mass is 10.0. The average Bonchev–Trinajstić information content (AvgIpc) is 2.49. The van der Waals surface area contributed by atoms with Crippen molar-refractivity contribution in [2.24, 2.45) is 0 Å². The summed E-state index contributed by atoms with van der Waals surface area (Å²) in [5.74, 6) is 0.362. The summed E-state index contributed by atoms with van der Waals surface area (Å²) < 4.78 is 15.9. The minimum atomic E-state index is -0.852. The Morgan fingerprint density at radius 3 is 2.59 bits per heavy atom. The van der Waals surface area contributed by atoms with Crippen molar-refractivity contribution in [1.82, 2.24) is 0 Å². The summed E-state index contributed by atoms with van der Waals surface area (Å²) in [6, 6.07) is 5.12. The third-order valence-electron chi connectivity index (χ3n) is 3.35. The van der Waals surface area contributed by atoms with Gasteiger partial charge in [-0.05, 0) is 38.5 Å². The maximum Gasteiger partial charge on any atom is 0.256 e. The van der Waals surface area contributed by atoms with Crippen molar-refractivity contribution in [3.8, 4) is 5.75 Å². The number of methoxy groups -OCH3 is 1. The van der Waals surface area contributed by atoms with E-state index in [0.29, 0.717) is 42.7 Å². The number of hydrogen-bond acceptors (Lipinski definition) is 4. The molecule has 1 rings (SSSR count). The van der Waals surface area contributed by atoms with E-state index in [4.69, 9.17) is 25.8 Å². The SMILES string of the molecule is CCO[C@@](C)(CC)C(=O)Nc1ccc(OCCOC)c(Cl)c1. The first kappa shape index (κ1) is 18.7. The Morgan fingerprint density at radius 2 is 2.05 bits per heavy atom. The second-order valence-electron chi connectivity index (χ2n) is 4.96. The lowest BCUT2D eigenvalue weighted by Gasteiger charge is -2.26. The van der Waals surface area contributed by atoms with E-state index in [1.165, 1.54) is 0 Å². The number of ether oxygens (including phenoxy) is 3. The van der Waals surface area contributed by atoms with Crippen LogP contribution in [0.15, 0.2) is 18.2 Å². The van der Waals surface area contributed by atoms with E-state index in [1.54, 1.807) is 32.2 Å². The zero-order chi connectivity index (χ0) is 16.6. The first-order valence-corrected chi connectivity index (χ1v) is 7.71. The molecule has 0 aliphatic rings. The van der Waals surface area contributed by atoms with Crippen LogP contribution >= 0.6 is 11.6 Å². The topological polar surface area (TPSA) is 56.8 Å². The summed E-state index contributed by atoms with van der Waals surface area (Å²) in [5, 5.41) is 3.26. The Kier molecular flexibility index (Phi) is 7.65. The molecule has 0 radical (unpaired) electrons. The van der Waals surface area contributed by atoms with Crippen molar-refractivity contribution in [3.63, 3.8) is 0 Å². The van der Waals surface area contributed by atoms with Crippen molar-refractivity contribution in [1.29, 1.82) is 0 Å². The molecular weight excluding hydrogens is 306 g/mol. The fourth-order valence-corrected chi connectivity index (χ4v) is 2.08. The van der Waals surface area contributed by atoms with Gasteiger partial charge in [-0.15, -0.1) is 0 Å². The second-order valence-corrected chi connectivity index (χ2v) is 5.37. The van der Waals surface area contributed by atoms with Gasteiger partial charge >= 0.3 is 0 Å². The highest BCUT2D eigenvalue weighted by molar-refractivity contribution is 6.32. The van der Waals surface area contributed by atoms with Gasteiger partial charge in [0.05, 0.1) is 11.6 Å². The molecule has 0 heterocycles. The summed E-state index contributed by atoms with van der Waals surface area (Å²) >= 11 is 6.15. The average molecular weight is 330 g/mol. The number of anilines is 1. The predicted octanol–water partition coefficient (Wildman–Crippen LogP) is 3.51. The number of rotatable bonds is 9. The highest BCUT2D eigenvalue weighted by atomic mass is 35.5. The van der Waals surface area contributed by atoms with Crippen LogP contribution < -0.4 is 10.1 Å². The Morgan fingerprint density at radius 1 is 1.32 bits per heavy atom. The summed E-state index contributed by atoms with van der Waals surface area (Å²) in [6.45, 7) is 6.93. The van der Waals surface area contributed by atoms with Crippen LogP contribution in [0.4, 0.5) is 5.69 Å². The number of benzene rings is 1. The molecular formula is C16H24ClNO4. The van der Waals surface area contributed by atoms with E-state index >= 15 is 0 Å². The van der Waals surface area contributed by atoms with Crippen molar-refractivity contribution < 1.29 is 19.0 Å². The number of hydrogen-bond donors (Lipinski definition) is 1. The molecule has 0 bridgehead atoms. The molecule has 1 aromatic rings. The number of carbonyl (C=O) groups excluding carboxylic acids is 1. The van der Waals surface area contributed by atoms with E-state index in [2.05, 4.69) is 5.32 Å². The molecule has 0 aromatic heterocycles. The highest BCUT2D eigenvalue weighted by Crippen LogP contribution is 2.28. The van der Waals surface area contributed by atoms with Crippen molar-refractivity contribution in [3.05, 3.63) is 23.2 Å². The van der Waals surface area contributed by atoms with Crippen LogP contribution in [0, 0.1) is 0 Å². The zero-order valence-electron chi connectivity index (χ0n) is 13.6. The van der Waals surface area contributed by atoms with Crippen LogP contribution in [-0.2, 0) is 14.3 Å². The Bertz CT molecular complexity index is 495. The third-order valence-corrected chi connectivity index (χ3v) is 3.65. The molecule has 0 unspecified atom stereocenters. The van der Waals surface area contributed by atoms with E-state index in [0.717, 1.165) is 0 Å². The van der Waals surface area contributed by atoms with Crippen molar-refractivity contribution in [2.75, 3.05) is 32.2 Å². The molecule has 5 nitrogen and oxygen atoms in total. The molecule has 6 heteroatoms. The predicted molar refractivity (Wildman–Crippen MR) is 87.8 cm³/mol. The summed E-state index contributed by atoms with van der Waals surface area (Å²) in [7, 11) is 1.60. The van der Waals surface area contributed by atoms with Crippen LogP contribution in [-0.4, -0.2) is 38.4 Å². The van der Waals surface area contributed by atoms with Gasteiger partial charge in [-0.2, -0.15) is 0 Å². The number of nitrogens with one attached hydrogen (secondary N) is 1. The number of halogens is 1. The van der Waals surface area contributed by atoms with Gasteiger partial charge in [0.25, 0.3) is 5.91 Å². The monoisotopic (exact) mass is 329 g/mol. The minimum Gasteiger partial charge on any atom is -0.490 e. The molecule has 0 saturated heterocycles. The largest absolute Gasteiger partial charge is 0.490 e. The second kappa shape index (κ2) is 8.98. The maximum absolute atomic E-state index is 12.3. The Hall–Kier alpha value is -1.30. The lowest BCUT2D eigenvalue weighted by Crippen LogP contribution is -2.42. The van der Waals surface area contributed by atoms with Gasteiger partial charge in [0.2, 0.25) is 0 Å². The van der Waals surface area contributed by atoms with Gasteiger partial charge < -0.3 is 19.5 Å². The van der Waals surface area contributed by atoms with Gasteiger partial charge in [0.15, 0.2) is 0 Å². The smallest absolute Gasteiger partial charge is 0.256 e. The summed E-state index contributed by atoms with van der Waals surface area (Å²) in [5.41, 5.74) is -0.247. The van der Waals surface area contributed by atoms with Crippen LogP contribution in [0.3, 0.4) is 0 Å². The maximum atomic E-state index is 12.3. The lowest BCUT2D eigenvalue weighted by molar-refractivity contribution is -0.139. The molecule has 124 valence electrons. The fraction of sp³-hybridized carbons (Fsp3) is 0.562. The Balaban J connectivity index is 2.74. The summed E-state index contributed by atoms with van der Waals surface area (Å²) in [4.78, 5) is 12.3. The molecule has 1 aromatic carbocycles. The first-order valence-electron chi connectivity index (χ1n) is 7.33. The van der Waals surface area contributed by atoms with Crippen LogP contribution in [0.2, 0.25) is 5.02 Å². The number of amides is 1. The first-order chi connectivity index (χ1) is 10.5. The molecule has 0 saturated carbocycles. The molecule has 0 aliphatic carbocycles. The molecule has 1 N–H and O–H groups in total. The Labute approximate surface area is 136 Å². The van der Waals surface area contributed by atoms with Crippen LogP contribution in [0.1, 0.15) is 27.2 Å². The van der Waals surface area contributed by atoms with Gasteiger partial charge in [0.1, 0.15) is 18.0 Å². The molecule has 0 spiro atoms. The van der Waals surface area contributed by atoms with E-state index < -0.39 is 5.60 Å². The van der Waals surface area contributed by atoms with Gasteiger partial charge in [-0.1, -0.05) is 18.5 Å². The molecule has 1 amide bonds. The molecule has 22 heavy (non-hydrogen) atoms. The van der Waals surface area contributed by atoms with Gasteiger partial charge in [-0.25, -0.2) is 0 Å². The minimum absolute atomic E-state index is 0.194. The van der Waals surface area contributed by atoms with Crippen LogP contribution in [0.25, 0.3) is 0 Å². The number of carbonyl (C=O) groups is 1. The standard InChI is InChI=1S/C16H24ClNO4/c1-5-16(3,22-6-2)15(19)18-12-7-8-14(13(17)11-12)21-10-9-20-4/h7-8,11H,5-6,9-10H2,1-4H3,(H,18,19)/t16-/m0/s1. The highest BCUT2D eigenvalue weighted by Gasteiger charge is 2.31. The summed E-state index contributed by atoms with van der Waals surface area (Å²) in [6.07, 6.45) is 0.582. The van der Waals surface area contributed by atoms with E-state index in [-0.39, 0.29) is 5.91 Å². The zero-order valence-corrected chi connectivity index (χ0v) is 14.3. The quantitative estimate of drug-likeness (QED) is 0.704. The van der Waals surface area contributed by atoms with E-state index in [9.17, 15) is 4.79 Å². The fourth-order valence-electron chi connectivity index (χ4n) is 1.84.